The molecule has 7 heteroatoms. The lowest BCUT2D eigenvalue weighted by Crippen LogP contribution is -2.31. The van der Waals surface area contributed by atoms with Crippen LogP contribution in [0.3, 0.4) is 0 Å². The van der Waals surface area contributed by atoms with E-state index in [1.807, 2.05) is 0 Å². The average Bonchev–Trinajstić information content (AvgIpc) is 2.54. The van der Waals surface area contributed by atoms with Crippen molar-refractivity contribution in [1.29, 1.82) is 0 Å². The van der Waals surface area contributed by atoms with Crippen LogP contribution in [-0.2, 0) is 9.47 Å². The van der Waals surface area contributed by atoms with Gasteiger partial charge in [-0.1, -0.05) is 0 Å². The number of nitrogens with zero attached hydrogens (tertiary/aromatic N) is 1. The first-order chi connectivity index (χ1) is 10.5. The van der Waals surface area contributed by atoms with Crippen LogP contribution in [0.5, 0.6) is 0 Å². The van der Waals surface area contributed by atoms with Gasteiger partial charge in [-0.15, -0.1) is 0 Å². The van der Waals surface area contributed by atoms with Crippen molar-refractivity contribution in [2.75, 3.05) is 19.5 Å². The number of rotatable bonds is 5. The lowest BCUT2D eigenvalue weighted by Gasteiger charge is -2.29. The van der Waals surface area contributed by atoms with Crippen molar-refractivity contribution in [3.05, 3.63) is 33.9 Å². The number of hydrogen-bond donors (Lipinski definition) is 1. The molecule has 0 saturated heterocycles. The molecule has 1 aromatic rings. The third-order valence-electron chi connectivity index (χ3n) is 3.93. The second-order valence-corrected chi connectivity index (χ2v) is 5.35. The van der Waals surface area contributed by atoms with Crippen molar-refractivity contribution < 1.29 is 19.2 Å². The predicted molar refractivity (Wildman–Crippen MR) is 81.1 cm³/mol. The molecule has 2 atom stereocenters. The van der Waals surface area contributed by atoms with Crippen molar-refractivity contribution >= 4 is 17.3 Å². The maximum absolute atomic E-state index is 11.7. The molecule has 0 aromatic heterocycles. The number of ether oxygens (including phenoxy) is 2. The molecule has 0 heterocycles. The summed E-state index contributed by atoms with van der Waals surface area (Å²) in [6.45, 7) is 0. The van der Waals surface area contributed by atoms with E-state index in [1.165, 1.54) is 19.2 Å². The minimum absolute atomic E-state index is 0.0448. The summed E-state index contributed by atoms with van der Waals surface area (Å²) in [7, 11) is 2.91. The van der Waals surface area contributed by atoms with Crippen LogP contribution < -0.4 is 5.32 Å². The molecule has 0 amide bonds. The maximum atomic E-state index is 11.7. The molecule has 1 N–H and O–H groups in total. The standard InChI is InChI=1S/C15H20N2O5/c1-21-12-5-3-4-10(8-12)16-11-6-7-14(17(19)20)13(9-11)15(18)22-2/h6-7,9-10,12,16H,3-5,8H2,1-2H3. The van der Waals surface area contributed by atoms with Crippen molar-refractivity contribution in [2.45, 2.75) is 37.8 Å². The summed E-state index contributed by atoms with van der Waals surface area (Å²) in [6.07, 6.45) is 4.21. The Kier molecular flexibility index (Phi) is 5.32. The topological polar surface area (TPSA) is 90.7 Å². The molecule has 22 heavy (non-hydrogen) atoms. The Morgan fingerprint density at radius 3 is 2.77 bits per heavy atom. The molecule has 2 unspecified atom stereocenters. The number of hydrogen-bond acceptors (Lipinski definition) is 6. The Bertz CT molecular complexity index is 561. The Labute approximate surface area is 128 Å². The van der Waals surface area contributed by atoms with Crippen molar-refractivity contribution in [2.24, 2.45) is 0 Å². The molecule has 0 bridgehead atoms. The largest absolute Gasteiger partial charge is 0.465 e. The fraction of sp³-hybridized carbons (Fsp3) is 0.533. The van der Waals surface area contributed by atoms with Gasteiger partial charge in [-0.25, -0.2) is 4.79 Å². The van der Waals surface area contributed by atoms with Gasteiger partial charge in [-0.3, -0.25) is 10.1 Å². The van der Waals surface area contributed by atoms with Gasteiger partial charge in [0, 0.05) is 24.9 Å². The summed E-state index contributed by atoms with van der Waals surface area (Å²) in [5.41, 5.74) is 0.375. The van der Waals surface area contributed by atoms with Gasteiger partial charge in [0.25, 0.3) is 5.69 Å². The van der Waals surface area contributed by atoms with Crippen molar-refractivity contribution in [1.82, 2.24) is 0 Å². The fourth-order valence-electron chi connectivity index (χ4n) is 2.78. The van der Waals surface area contributed by atoms with Gasteiger partial charge in [0.05, 0.1) is 18.1 Å². The zero-order valence-electron chi connectivity index (χ0n) is 12.7. The summed E-state index contributed by atoms with van der Waals surface area (Å²) in [5, 5.41) is 14.3. The lowest BCUT2D eigenvalue weighted by molar-refractivity contribution is -0.385. The third kappa shape index (κ3) is 3.73. The number of nitro benzene ring substituents is 1. The SMILES string of the molecule is COC(=O)c1cc(NC2CCCC(OC)C2)ccc1[N+](=O)[O-]. The third-order valence-corrected chi connectivity index (χ3v) is 3.93. The van der Waals surface area contributed by atoms with Gasteiger partial charge < -0.3 is 14.8 Å². The van der Waals surface area contributed by atoms with E-state index in [0.29, 0.717) is 5.69 Å². The van der Waals surface area contributed by atoms with Gasteiger partial charge in [0.1, 0.15) is 5.56 Å². The van der Waals surface area contributed by atoms with E-state index in [9.17, 15) is 14.9 Å². The number of carbonyl (C=O) groups excluding carboxylic acids is 1. The smallest absolute Gasteiger partial charge is 0.344 e. The summed E-state index contributed by atoms with van der Waals surface area (Å²) >= 11 is 0. The van der Waals surface area contributed by atoms with E-state index in [2.05, 4.69) is 10.1 Å². The fourth-order valence-corrected chi connectivity index (χ4v) is 2.78. The molecular formula is C15H20N2O5. The molecule has 0 aliphatic heterocycles. The normalized spacial score (nSPS) is 21.2. The molecular weight excluding hydrogens is 288 g/mol. The first-order valence-electron chi connectivity index (χ1n) is 7.21. The van der Waals surface area contributed by atoms with Crippen molar-refractivity contribution in [3.63, 3.8) is 0 Å². The van der Waals surface area contributed by atoms with Gasteiger partial charge in [-0.05, 0) is 37.8 Å². The number of nitro groups is 1. The highest BCUT2D eigenvalue weighted by Gasteiger charge is 2.24. The van der Waals surface area contributed by atoms with Crippen LogP contribution in [-0.4, -0.2) is 37.3 Å². The summed E-state index contributed by atoms with van der Waals surface area (Å²) in [5.74, 6) is -0.714. The second kappa shape index (κ2) is 7.22. The van der Waals surface area contributed by atoms with E-state index in [4.69, 9.17) is 4.74 Å². The molecule has 7 nitrogen and oxygen atoms in total. The molecule has 2 rings (SSSR count). The van der Waals surface area contributed by atoms with Crippen LogP contribution in [0.15, 0.2) is 18.2 Å². The number of esters is 1. The molecule has 0 radical (unpaired) electrons. The Morgan fingerprint density at radius 2 is 2.14 bits per heavy atom. The van der Waals surface area contributed by atoms with Crippen LogP contribution in [0, 0.1) is 10.1 Å². The van der Waals surface area contributed by atoms with Crippen LogP contribution in [0.4, 0.5) is 11.4 Å². The van der Waals surface area contributed by atoms with E-state index in [-0.39, 0.29) is 23.4 Å². The monoisotopic (exact) mass is 308 g/mol. The highest BCUT2D eigenvalue weighted by molar-refractivity contribution is 5.95. The van der Waals surface area contributed by atoms with E-state index in [1.54, 1.807) is 13.2 Å². The van der Waals surface area contributed by atoms with Crippen LogP contribution in [0.25, 0.3) is 0 Å². The zero-order valence-corrected chi connectivity index (χ0v) is 12.7. The molecule has 1 saturated carbocycles. The molecule has 1 aliphatic rings. The Morgan fingerprint density at radius 1 is 1.36 bits per heavy atom. The van der Waals surface area contributed by atoms with E-state index >= 15 is 0 Å². The molecule has 1 fully saturated rings. The minimum Gasteiger partial charge on any atom is -0.465 e. The van der Waals surface area contributed by atoms with Crippen LogP contribution >= 0.6 is 0 Å². The zero-order chi connectivity index (χ0) is 16.1. The first-order valence-corrected chi connectivity index (χ1v) is 7.21. The minimum atomic E-state index is -0.714. The number of benzene rings is 1. The lowest BCUT2D eigenvalue weighted by atomic mass is 9.92. The average molecular weight is 308 g/mol. The summed E-state index contributed by atoms with van der Waals surface area (Å²) < 4.78 is 10.0. The predicted octanol–water partition coefficient (Wildman–Crippen LogP) is 2.75. The van der Waals surface area contributed by atoms with Gasteiger partial charge >= 0.3 is 5.97 Å². The second-order valence-electron chi connectivity index (χ2n) is 5.35. The summed E-state index contributed by atoms with van der Waals surface area (Å²) in [4.78, 5) is 22.1. The highest BCUT2D eigenvalue weighted by Crippen LogP contribution is 2.27. The van der Waals surface area contributed by atoms with Crippen LogP contribution in [0.1, 0.15) is 36.0 Å². The van der Waals surface area contributed by atoms with E-state index < -0.39 is 10.9 Å². The Balaban J connectivity index is 2.18. The quantitative estimate of drug-likeness (QED) is 0.511. The molecule has 1 aromatic carbocycles. The van der Waals surface area contributed by atoms with Gasteiger partial charge in [0.15, 0.2) is 0 Å². The van der Waals surface area contributed by atoms with Crippen molar-refractivity contribution in [3.8, 4) is 0 Å². The maximum Gasteiger partial charge on any atom is 0.344 e. The molecule has 0 spiro atoms. The van der Waals surface area contributed by atoms with Gasteiger partial charge in [-0.2, -0.15) is 0 Å². The number of methoxy groups -OCH3 is 2. The summed E-state index contributed by atoms with van der Waals surface area (Å²) in [6, 6.07) is 4.64. The molecule has 120 valence electrons. The number of nitrogens with one attached hydrogen (secondary N) is 1. The van der Waals surface area contributed by atoms with Gasteiger partial charge in [0.2, 0.25) is 0 Å². The van der Waals surface area contributed by atoms with Crippen LogP contribution in [0.2, 0.25) is 0 Å². The molecule has 1 aliphatic carbocycles. The highest BCUT2D eigenvalue weighted by atomic mass is 16.6. The Hall–Kier alpha value is -2.15. The number of anilines is 1. The number of carbonyl (C=O) groups is 1. The first kappa shape index (κ1) is 16.2. The van der Waals surface area contributed by atoms with E-state index in [0.717, 1.165) is 25.7 Å².